The minimum absolute atomic E-state index is 0.0506. The van der Waals surface area contributed by atoms with Crippen LogP contribution < -0.4 is 10.1 Å². The molecular weight excluding hydrogens is 354 g/mol. The third-order valence-electron chi connectivity index (χ3n) is 2.98. The molecule has 0 bridgehead atoms. The first kappa shape index (κ1) is 18.7. The first-order chi connectivity index (χ1) is 12.0. The molecular formula is C17H15ClF2N2O3. The third-order valence-corrected chi connectivity index (χ3v) is 3.23. The average molecular weight is 369 g/mol. The van der Waals surface area contributed by atoms with E-state index in [1.807, 2.05) is 12.1 Å². The lowest BCUT2D eigenvalue weighted by atomic mass is 10.2. The summed E-state index contributed by atoms with van der Waals surface area (Å²) in [6, 6.07) is 12.9. The van der Waals surface area contributed by atoms with Crippen LogP contribution in [0.25, 0.3) is 0 Å². The monoisotopic (exact) mass is 368 g/mol. The second kappa shape index (κ2) is 9.58. The number of ether oxygens (including phenoxy) is 1. The van der Waals surface area contributed by atoms with E-state index in [1.165, 1.54) is 30.5 Å². The van der Waals surface area contributed by atoms with Gasteiger partial charge >= 0.3 is 6.61 Å². The van der Waals surface area contributed by atoms with Crippen molar-refractivity contribution in [2.24, 2.45) is 5.16 Å². The van der Waals surface area contributed by atoms with Crippen LogP contribution in [0.4, 0.5) is 8.78 Å². The van der Waals surface area contributed by atoms with Crippen molar-refractivity contribution >= 4 is 23.7 Å². The highest BCUT2D eigenvalue weighted by atomic mass is 35.5. The van der Waals surface area contributed by atoms with Crippen LogP contribution in [-0.2, 0) is 16.2 Å². The van der Waals surface area contributed by atoms with Gasteiger partial charge < -0.3 is 14.9 Å². The standard InChI is InChI=1S/C17H15ClF2N2O3/c18-14-5-1-12(2-6-14)9-21-16(23)11-24-22-10-13-3-7-15(8-4-13)25-17(19)20/h1-8,10,17H,9,11H2,(H,21,23)/b22-10-. The number of rotatable bonds is 8. The Hall–Kier alpha value is -2.67. The van der Waals surface area contributed by atoms with Gasteiger partial charge in [-0.05, 0) is 47.5 Å². The fourth-order valence-electron chi connectivity index (χ4n) is 1.78. The van der Waals surface area contributed by atoms with Crippen LogP contribution in [0.5, 0.6) is 5.75 Å². The Bertz CT molecular complexity index is 707. The summed E-state index contributed by atoms with van der Waals surface area (Å²) >= 11 is 5.78. The van der Waals surface area contributed by atoms with Gasteiger partial charge in [0.05, 0.1) is 6.21 Å². The van der Waals surface area contributed by atoms with Crippen molar-refractivity contribution in [2.45, 2.75) is 13.2 Å². The van der Waals surface area contributed by atoms with Gasteiger partial charge in [0.1, 0.15) is 5.75 Å². The third kappa shape index (κ3) is 7.17. The van der Waals surface area contributed by atoms with Gasteiger partial charge in [0.25, 0.3) is 5.91 Å². The SMILES string of the molecule is O=C(CO/N=C\c1ccc(OC(F)F)cc1)NCc1ccc(Cl)cc1. The summed E-state index contributed by atoms with van der Waals surface area (Å²) in [6.45, 7) is -2.75. The number of amides is 1. The van der Waals surface area contributed by atoms with Crippen molar-refractivity contribution in [3.8, 4) is 5.75 Å². The molecule has 0 heterocycles. The van der Waals surface area contributed by atoms with E-state index < -0.39 is 6.61 Å². The molecule has 0 spiro atoms. The molecule has 1 N–H and O–H groups in total. The van der Waals surface area contributed by atoms with Gasteiger partial charge in [-0.3, -0.25) is 4.79 Å². The van der Waals surface area contributed by atoms with Gasteiger partial charge in [0, 0.05) is 11.6 Å². The van der Waals surface area contributed by atoms with Crippen LogP contribution in [0.2, 0.25) is 5.02 Å². The van der Waals surface area contributed by atoms with Crippen molar-refractivity contribution in [1.82, 2.24) is 5.32 Å². The number of nitrogens with one attached hydrogen (secondary N) is 1. The molecule has 2 aromatic carbocycles. The van der Waals surface area contributed by atoms with Gasteiger partial charge in [-0.25, -0.2) is 0 Å². The zero-order chi connectivity index (χ0) is 18.1. The number of alkyl halides is 2. The lowest BCUT2D eigenvalue weighted by Crippen LogP contribution is -2.26. The van der Waals surface area contributed by atoms with E-state index >= 15 is 0 Å². The van der Waals surface area contributed by atoms with Gasteiger partial charge in [-0.15, -0.1) is 0 Å². The molecule has 0 radical (unpaired) electrons. The smallest absolute Gasteiger partial charge is 0.387 e. The maximum atomic E-state index is 12.0. The molecule has 0 aromatic heterocycles. The summed E-state index contributed by atoms with van der Waals surface area (Å²) in [5.41, 5.74) is 1.52. The summed E-state index contributed by atoms with van der Waals surface area (Å²) in [4.78, 5) is 16.5. The predicted molar refractivity (Wildman–Crippen MR) is 89.9 cm³/mol. The minimum atomic E-state index is -2.87. The van der Waals surface area contributed by atoms with E-state index in [2.05, 4.69) is 15.2 Å². The first-order valence-corrected chi connectivity index (χ1v) is 7.62. The van der Waals surface area contributed by atoms with E-state index in [-0.39, 0.29) is 18.3 Å². The Kier molecular flexibility index (Phi) is 7.16. The maximum absolute atomic E-state index is 12.0. The van der Waals surface area contributed by atoms with Crippen LogP contribution in [0.1, 0.15) is 11.1 Å². The van der Waals surface area contributed by atoms with E-state index in [4.69, 9.17) is 16.4 Å². The second-order valence-corrected chi connectivity index (χ2v) is 5.30. The lowest BCUT2D eigenvalue weighted by Gasteiger charge is -2.05. The fourth-order valence-corrected chi connectivity index (χ4v) is 1.91. The van der Waals surface area contributed by atoms with Crippen molar-refractivity contribution < 1.29 is 23.1 Å². The zero-order valence-corrected chi connectivity index (χ0v) is 13.7. The molecule has 132 valence electrons. The Labute approximate surface area is 148 Å². The molecule has 0 aliphatic heterocycles. The van der Waals surface area contributed by atoms with Crippen molar-refractivity contribution in [3.05, 3.63) is 64.7 Å². The topological polar surface area (TPSA) is 59.9 Å². The molecule has 0 saturated heterocycles. The Balaban J connectivity index is 1.69. The van der Waals surface area contributed by atoms with E-state index in [0.29, 0.717) is 17.1 Å². The van der Waals surface area contributed by atoms with Crippen LogP contribution in [0.15, 0.2) is 53.7 Å². The summed E-state index contributed by atoms with van der Waals surface area (Å²) in [7, 11) is 0. The van der Waals surface area contributed by atoms with Crippen LogP contribution in [-0.4, -0.2) is 25.3 Å². The fraction of sp³-hybridized carbons (Fsp3) is 0.176. The second-order valence-electron chi connectivity index (χ2n) is 4.86. The van der Waals surface area contributed by atoms with Crippen molar-refractivity contribution in [2.75, 3.05) is 6.61 Å². The molecule has 0 saturated carbocycles. The van der Waals surface area contributed by atoms with Crippen LogP contribution >= 0.6 is 11.6 Å². The van der Waals surface area contributed by atoms with E-state index in [9.17, 15) is 13.6 Å². The molecule has 0 unspecified atom stereocenters. The number of oxime groups is 1. The predicted octanol–water partition coefficient (Wildman–Crippen LogP) is 3.61. The number of hydrogen-bond acceptors (Lipinski definition) is 4. The lowest BCUT2D eigenvalue weighted by molar-refractivity contribution is -0.125. The van der Waals surface area contributed by atoms with Crippen molar-refractivity contribution in [3.63, 3.8) is 0 Å². The van der Waals surface area contributed by atoms with Crippen LogP contribution in [0.3, 0.4) is 0 Å². The number of carbonyl (C=O) groups excluding carboxylic acids is 1. The quantitative estimate of drug-likeness (QED) is 0.572. The average Bonchev–Trinajstić information content (AvgIpc) is 2.59. The van der Waals surface area contributed by atoms with E-state index in [1.54, 1.807) is 12.1 Å². The minimum Gasteiger partial charge on any atom is -0.435 e. The Morgan fingerprint density at radius 2 is 1.84 bits per heavy atom. The number of halogens is 3. The number of benzene rings is 2. The summed E-state index contributed by atoms with van der Waals surface area (Å²) in [5, 5.41) is 6.95. The maximum Gasteiger partial charge on any atom is 0.387 e. The zero-order valence-electron chi connectivity index (χ0n) is 13.0. The Morgan fingerprint density at radius 3 is 2.48 bits per heavy atom. The van der Waals surface area contributed by atoms with Gasteiger partial charge in [-0.2, -0.15) is 8.78 Å². The molecule has 5 nitrogen and oxygen atoms in total. The molecule has 2 rings (SSSR count). The van der Waals surface area contributed by atoms with Crippen molar-refractivity contribution in [1.29, 1.82) is 0 Å². The molecule has 0 fully saturated rings. The summed E-state index contributed by atoms with van der Waals surface area (Å²) in [5.74, 6) is -0.276. The molecule has 8 heteroatoms. The number of nitrogens with zero attached hydrogens (tertiary/aromatic N) is 1. The molecule has 1 amide bonds. The van der Waals surface area contributed by atoms with Gasteiger partial charge in [0.2, 0.25) is 0 Å². The van der Waals surface area contributed by atoms with E-state index in [0.717, 1.165) is 5.56 Å². The number of hydrogen-bond donors (Lipinski definition) is 1. The molecule has 2 aromatic rings. The summed E-state index contributed by atoms with van der Waals surface area (Å²) < 4.78 is 28.3. The Morgan fingerprint density at radius 1 is 1.16 bits per heavy atom. The van der Waals surface area contributed by atoms with Gasteiger partial charge in [-0.1, -0.05) is 28.9 Å². The van der Waals surface area contributed by atoms with Gasteiger partial charge in [0.15, 0.2) is 6.61 Å². The highest BCUT2D eigenvalue weighted by Crippen LogP contribution is 2.14. The highest BCUT2D eigenvalue weighted by molar-refractivity contribution is 6.30. The normalized spacial score (nSPS) is 10.9. The number of carbonyl (C=O) groups is 1. The molecule has 25 heavy (non-hydrogen) atoms. The summed E-state index contributed by atoms with van der Waals surface area (Å²) in [6.07, 6.45) is 1.36. The highest BCUT2D eigenvalue weighted by Gasteiger charge is 2.03. The molecule has 0 atom stereocenters. The first-order valence-electron chi connectivity index (χ1n) is 7.24. The van der Waals surface area contributed by atoms with Crippen LogP contribution in [0, 0.1) is 0 Å². The molecule has 0 aliphatic carbocycles. The molecule has 0 aliphatic rings. The largest absolute Gasteiger partial charge is 0.435 e.